The minimum absolute atomic E-state index is 0. The first-order valence-corrected chi connectivity index (χ1v) is 5.37. The topological polar surface area (TPSA) is 107 Å². The molecule has 0 saturated carbocycles. The van der Waals surface area contributed by atoms with Gasteiger partial charge >= 0.3 is 5.00 Å². The summed E-state index contributed by atoms with van der Waals surface area (Å²) in [7, 11) is 0. The first-order chi connectivity index (χ1) is 7.72. The van der Waals surface area contributed by atoms with Crippen LogP contribution in [0.1, 0.15) is 0 Å². The number of anilines is 1. The van der Waals surface area contributed by atoms with Crippen molar-refractivity contribution in [1.82, 2.24) is 9.97 Å². The van der Waals surface area contributed by atoms with Gasteiger partial charge in [-0.1, -0.05) is 0 Å². The van der Waals surface area contributed by atoms with E-state index in [0.29, 0.717) is 29.1 Å². The van der Waals surface area contributed by atoms with E-state index in [9.17, 15) is 10.1 Å². The number of rotatable bonds is 4. The zero-order chi connectivity index (χ0) is 11.5. The predicted molar refractivity (Wildman–Crippen MR) is 68.9 cm³/mol. The van der Waals surface area contributed by atoms with E-state index in [1.807, 2.05) is 0 Å². The molecule has 0 aromatic carbocycles. The van der Waals surface area contributed by atoms with E-state index >= 15 is 0 Å². The van der Waals surface area contributed by atoms with Crippen molar-refractivity contribution in [3.63, 3.8) is 0 Å². The third-order valence-corrected chi connectivity index (χ3v) is 2.93. The summed E-state index contributed by atoms with van der Waals surface area (Å²) in [6, 6.07) is 1.47. The standard InChI is InChI=1S/C8H9N5O2S.ClH/c9-1-2-10-7-5-3-6(13(14)15)16-8(5)12-4-11-7;/h3-4H,1-2,9H2,(H,10,11,12);1H. The third kappa shape index (κ3) is 2.78. The van der Waals surface area contributed by atoms with Crippen LogP contribution >= 0.6 is 23.7 Å². The summed E-state index contributed by atoms with van der Waals surface area (Å²) >= 11 is 1.03. The summed E-state index contributed by atoms with van der Waals surface area (Å²) in [6.45, 7) is 1.04. The largest absolute Gasteiger partial charge is 0.368 e. The summed E-state index contributed by atoms with van der Waals surface area (Å²) in [5.74, 6) is 0.583. The third-order valence-electron chi connectivity index (χ3n) is 1.93. The fraction of sp³-hybridized carbons (Fsp3) is 0.250. The van der Waals surface area contributed by atoms with Crippen molar-refractivity contribution >= 4 is 44.8 Å². The molecule has 0 atom stereocenters. The second-order valence-corrected chi connectivity index (χ2v) is 4.01. The fourth-order valence-corrected chi connectivity index (χ4v) is 2.08. The molecule has 17 heavy (non-hydrogen) atoms. The Morgan fingerprint density at radius 3 is 2.94 bits per heavy atom. The minimum Gasteiger partial charge on any atom is -0.368 e. The first kappa shape index (κ1) is 13.6. The monoisotopic (exact) mass is 275 g/mol. The lowest BCUT2D eigenvalue weighted by Gasteiger charge is -2.02. The number of thiophene rings is 1. The van der Waals surface area contributed by atoms with Crippen molar-refractivity contribution in [2.75, 3.05) is 18.4 Å². The van der Waals surface area contributed by atoms with Gasteiger partial charge in [-0.05, 0) is 11.3 Å². The molecule has 0 radical (unpaired) electrons. The number of nitrogens with zero attached hydrogens (tertiary/aromatic N) is 3. The molecule has 0 unspecified atom stereocenters. The number of hydrogen-bond acceptors (Lipinski definition) is 7. The van der Waals surface area contributed by atoms with Crippen molar-refractivity contribution in [2.24, 2.45) is 5.73 Å². The first-order valence-electron chi connectivity index (χ1n) is 4.55. The Balaban J connectivity index is 0.00000144. The van der Waals surface area contributed by atoms with Gasteiger partial charge in [0, 0.05) is 19.2 Å². The molecule has 7 nitrogen and oxygen atoms in total. The van der Waals surface area contributed by atoms with Crippen LogP contribution in [0.25, 0.3) is 10.2 Å². The van der Waals surface area contributed by atoms with Gasteiger partial charge < -0.3 is 11.1 Å². The van der Waals surface area contributed by atoms with Crippen LogP contribution < -0.4 is 11.1 Å². The Labute approximate surface area is 107 Å². The van der Waals surface area contributed by atoms with Crippen LogP contribution in [0, 0.1) is 10.1 Å². The molecule has 0 amide bonds. The Bertz CT molecular complexity index is 532. The number of aromatic nitrogens is 2. The Kier molecular flexibility index (Phi) is 4.55. The van der Waals surface area contributed by atoms with E-state index in [1.165, 1.54) is 12.4 Å². The molecule has 0 saturated heterocycles. The summed E-state index contributed by atoms with van der Waals surface area (Å²) in [5.41, 5.74) is 5.36. The summed E-state index contributed by atoms with van der Waals surface area (Å²) in [5, 5.41) is 14.3. The number of fused-ring (bicyclic) bond motifs is 1. The maximum absolute atomic E-state index is 10.6. The molecule has 0 aliphatic carbocycles. The Morgan fingerprint density at radius 1 is 1.53 bits per heavy atom. The Morgan fingerprint density at radius 2 is 2.29 bits per heavy atom. The van der Waals surface area contributed by atoms with Crippen molar-refractivity contribution in [2.45, 2.75) is 0 Å². The smallest absolute Gasteiger partial charge is 0.326 e. The van der Waals surface area contributed by atoms with Gasteiger partial charge in [0.1, 0.15) is 17.0 Å². The molecule has 0 bridgehead atoms. The fourth-order valence-electron chi connectivity index (χ4n) is 1.26. The van der Waals surface area contributed by atoms with E-state index in [0.717, 1.165) is 11.3 Å². The molecular formula is C8H10ClN5O2S. The lowest BCUT2D eigenvalue weighted by molar-refractivity contribution is -0.380. The van der Waals surface area contributed by atoms with Crippen molar-refractivity contribution in [1.29, 1.82) is 0 Å². The van der Waals surface area contributed by atoms with Gasteiger partial charge in [-0.2, -0.15) is 0 Å². The molecule has 0 aliphatic rings. The SMILES string of the molecule is Cl.NCCNc1ncnc2sc([N+](=O)[O-])cc12. The number of hydrogen-bond donors (Lipinski definition) is 2. The quantitative estimate of drug-likeness (QED) is 0.645. The maximum atomic E-state index is 10.6. The van der Waals surface area contributed by atoms with Crippen LogP contribution in [0.5, 0.6) is 0 Å². The van der Waals surface area contributed by atoms with Crippen molar-refractivity contribution in [3.8, 4) is 0 Å². The predicted octanol–water partition coefficient (Wildman–Crippen LogP) is 1.39. The van der Waals surface area contributed by atoms with E-state index in [-0.39, 0.29) is 17.4 Å². The average molecular weight is 276 g/mol. The molecule has 92 valence electrons. The molecule has 2 rings (SSSR count). The highest BCUT2D eigenvalue weighted by molar-refractivity contribution is 7.21. The van der Waals surface area contributed by atoms with Gasteiger partial charge in [-0.3, -0.25) is 10.1 Å². The lowest BCUT2D eigenvalue weighted by atomic mass is 10.3. The van der Waals surface area contributed by atoms with Gasteiger partial charge in [0.05, 0.1) is 10.3 Å². The van der Waals surface area contributed by atoms with Crippen LogP contribution in [0.4, 0.5) is 10.8 Å². The number of nitro groups is 1. The lowest BCUT2D eigenvalue weighted by Crippen LogP contribution is -2.13. The van der Waals surface area contributed by atoms with E-state index < -0.39 is 4.92 Å². The van der Waals surface area contributed by atoms with Crippen LogP contribution in [0.2, 0.25) is 0 Å². The molecule has 0 aliphatic heterocycles. The van der Waals surface area contributed by atoms with Gasteiger partial charge in [-0.25, -0.2) is 9.97 Å². The normalized spacial score (nSPS) is 9.94. The second-order valence-electron chi connectivity index (χ2n) is 3.00. The molecule has 3 N–H and O–H groups in total. The number of nitrogens with one attached hydrogen (secondary N) is 1. The average Bonchev–Trinajstić information content (AvgIpc) is 2.70. The molecular weight excluding hydrogens is 266 g/mol. The van der Waals surface area contributed by atoms with Crippen molar-refractivity contribution in [3.05, 3.63) is 22.5 Å². The summed E-state index contributed by atoms with van der Waals surface area (Å²) in [6.07, 6.45) is 1.38. The zero-order valence-electron chi connectivity index (χ0n) is 8.62. The molecule has 0 spiro atoms. The van der Waals surface area contributed by atoms with E-state index in [2.05, 4.69) is 15.3 Å². The minimum atomic E-state index is -0.431. The molecule has 2 aromatic rings. The number of halogens is 1. The van der Waals surface area contributed by atoms with Crippen molar-refractivity contribution < 1.29 is 4.92 Å². The van der Waals surface area contributed by atoms with Gasteiger partial charge in [0.25, 0.3) is 0 Å². The molecule has 2 aromatic heterocycles. The highest BCUT2D eigenvalue weighted by atomic mass is 35.5. The van der Waals surface area contributed by atoms with E-state index in [4.69, 9.17) is 5.73 Å². The van der Waals surface area contributed by atoms with Crippen LogP contribution in [0.15, 0.2) is 12.4 Å². The van der Waals surface area contributed by atoms with Gasteiger partial charge in [0.2, 0.25) is 0 Å². The van der Waals surface area contributed by atoms with Crippen LogP contribution in [0.3, 0.4) is 0 Å². The highest BCUT2D eigenvalue weighted by Crippen LogP contribution is 2.32. The summed E-state index contributed by atoms with van der Waals surface area (Å²) in [4.78, 5) is 18.8. The highest BCUT2D eigenvalue weighted by Gasteiger charge is 2.15. The second kappa shape index (κ2) is 5.71. The molecule has 9 heteroatoms. The Hall–Kier alpha value is -1.51. The van der Waals surface area contributed by atoms with Gasteiger partial charge in [0.15, 0.2) is 0 Å². The summed E-state index contributed by atoms with van der Waals surface area (Å²) < 4.78 is 0. The van der Waals surface area contributed by atoms with Crippen LogP contribution in [-0.2, 0) is 0 Å². The number of nitrogens with two attached hydrogens (primary N) is 1. The van der Waals surface area contributed by atoms with E-state index in [1.54, 1.807) is 0 Å². The molecule has 2 heterocycles. The molecule has 0 fully saturated rings. The zero-order valence-corrected chi connectivity index (χ0v) is 10.3. The van der Waals surface area contributed by atoms with Crippen LogP contribution in [-0.4, -0.2) is 28.0 Å². The maximum Gasteiger partial charge on any atom is 0.326 e. The van der Waals surface area contributed by atoms with Gasteiger partial charge in [-0.15, -0.1) is 12.4 Å².